The highest BCUT2D eigenvalue weighted by Crippen LogP contribution is 2.22. The van der Waals surface area contributed by atoms with Crippen LogP contribution < -0.4 is 11.1 Å². The van der Waals surface area contributed by atoms with Gasteiger partial charge in [-0.05, 0) is 23.8 Å². The first kappa shape index (κ1) is 8.71. The van der Waals surface area contributed by atoms with Crippen LogP contribution in [0.15, 0.2) is 4.99 Å². The lowest BCUT2D eigenvalue weighted by atomic mass is 10.1. The third-order valence-corrected chi connectivity index (χ3v) is 3.07. The smallest absolute Gasteiger partial charge is 0.188 e. The number of rotatable bonds is 2. The van der Waals surface area contributed by atoms with Crippen LogP contribution in [0.2, 0.25) is 0 Å². The molecule has 0 saturated carbocycles. The molecule has 11 heavy (non-hydrogen) atoms. The standard InChI is InChI=1S/C7H15N3S/c1-9-7(8)10-4-6-2-3-11-5-6/h6H,2-5H2,1H3,(H3,8,9,10). The fraction of sp³-hybridized carbons (Fsp3) is 0.857. The summed E-state index contributed by atoms with van der Waals surface area (Å²) in [6.07, 6.45) is 1.31. The number of nitrogens with zero attached hydrogens (tertiary/aromatic N) is 1. The Balaban J connectivity index is 2.11. The molecule has 1 rings (SSSR count). The highest BCUT2D eigenvalue weighted by molar-refractivity contribution is 7.99. The number of hydrogen-bond donors (Lipinski definition) is 2. The highest BCUT2D eigenvalue weighted by atomic mass is 32.2. The van der Waals surface area contributed by atoms with Gasteiger partial charge in [-0.15, -0.1) is 0 Å². The molecular formula is C7H15N3S. The number of guanidine groups is 1. The Bertz CT molecular complexity index is 141. The predicted octanol–water partition coefficient (Wildman–Crippen LogP) is 0.274. The van der Waals surface area contributed by atoms with Crippen LogP contribution in [0.25, 0.3) is 0 Å². The Morgan fingerprint density at radius 2 is 2.64 bits per heavy atom. The normalized spacial score (nSPS) is 25.5. The lowest BCUT2D eigenvalue weighted by molar-refractivity contribution is 0.579. The molecule has 4 heteroatoms. The summed E-state index contributed by atoms with van der Waals surface area (Å²) in [4.78, 5) is 3.83. The summed E-state index contributed by atoms with van der Waals surface area (Å²) in [7, 11) is 1.70. The second-order valence-corrected chi connectivity index (χ2v) is 3.87. The minimum atomic E-state index is 0.557. The topological polar surface area (TPSA) is 50.4 Å². The Labute approximate surface area is 71.8 Å². The van der Waals surface area contributed by atoms with E-state index in [1.165, 1.54) is 17.9 Å². The molecule has 1 unspecified atom stereocenters. The Morgan fingerprint density at radius 1 is 1.82 bits per heavy atom. The zero-order valence-corrected chi connectivity index (χ0v) is 7.66. The third-order valence-electron chi connectivity index (χ3n) is 1.84. The van der Waals surface area contributed by atoms with E-state index in [1.807, 2.05) is 11.8 Å². The Kier molecular flexibility index (Phi) is 3.56. The van der Waals surface area contributed by atoms with Crippen LogP contribution in [-0.4, -0.2) is 31.1 Å². The summed E-state index contributed by atoms with van der Waals surface area (Å²) in [5.41, 5.74) is 5.48. The maximum absolute atomic E-state index is 5.48. The van der Waals surface area contributed by atoms with Crippen LogP contribution in [0.1, 0.15) is 6.42 Å². The predicted molar refractivity (Wildman–Crippen MR) is 51.0 cm³/mol. The van der Waals surface area contributed by atoms with Gasteiger partial charge in [-0.1, -0.05) is 0 Å². The number of thioether (sulfide) groups is 1. The summed E-state index contributed by atoms with van der Waals surface area (Å²) in [6, 6.07) is 0. The maximum Gasteiger partial charge on any atom is 0.188 e. The van der Waals surface area contributed by atoms with Gasteiger partial charge in [-0.25, -0.2) is 0 Å². The van der Waals surface area contributed by atoms with E-state index < -0.39 is 0 Å². The van der Waals surface area contributed by atoms with Crippen LogP contribution >= 0.6 is 11.8 Å². The first-order chi connectivity index (χ1) is 5.33. The van der Waals surface area contributed by atoms with Gasteiger partial charge in [0.15, 0.2) is 5.96 Å². The molecule has 64 valence electrons. The second kappa shape index (κ2) is 4.49. The third kappa shape index (κ3) is 3.01. The Morgan fingerprint density at radius 3 is 3.18 bits per heavy atom. The molecule has 0 radical (unpaired) electrons. The van der Waals surface area contributed by atoms with Crippen molar-refractivity contribution in [3.05, 3.63) is 0 Å². The quantitative estimate of drug-likeness (QED) is 0.465. The molecular weight excluding hydrogens is 158 g/mol. The number of nitrogens with two attached hydrogens (primary N) is 1. The van der Waals surface area contributed by atoms with Gasteiger partial charge in [-0.2, -0.15) is 11.8 Å². The van der Waals surface area contributed by atoms with Gasteiger partial charge < -0.3 is 11.1 Å². The van der Waals surface area contributed by atoms with Crippen molar-refractivity contribution < 1.29 is 0 Å². The molecule has 1 aliphatic rings. The van der Waals surface area contributed by atoms with Crippen LogP contribution in [0.4, 0.5) is 0 Å². The molecule has 3 nitrogen and oxygen atoms in total. The van der Waals surface area contributed by atoms with Crippen molar-refractivity contribution in [2.45, 2.75) is 6.42 Å². The van der Waals surface area contributed by atoms with Gasteiger partial charge in [0.2, 0.25) is 0 Å². The molecule has 0 aromatic rings. The highest BCUT2D eigenvalue weighted by Gasteiger charge is 2.14. The molecule has 0 aromatic carbocycles. The fourth-order valence-corrected chi connectivity index (χ4v) is 2.36. The molecule has 0 aromatic heterocycles. The molecule has 1 heterocycles. The monoisotopic (exact) mass is 173 g/mol. The van der Waals surface area contributed by atoms with Crippen molar-refractivity contribution in [1.82, 2.24) is 5.32 Å². The van der Waals surface area contributed by atoms with E-state index in [4.69, 9.17) is 5.73 Å². The number of hydrogen-bond acceptors (Lipinski definition) is 2. The van der Waals surface area contributed by atoms with Gasteiger partial charge in [0.25, 0.3) is 0 Å². The lowest BCUT2D eigenvalue weighted by Crippen LogP contribution is -2.35. The average molecular weight is 173 g/mol. The molecule has 1 atom stereocenters. The van der Waals surface area contributed by atoms with Gasteiger partial charge in [-0.3, -0.25) is 4.99 Å². The summed E-state index contributed by atoms with van der Waals surface area (Å²) in [6.45, 7) is 0.982. The first-order valence-electron chi connectivity index (χ1n) is 3.87. The number of aliphatic imine (C=N–C) groups is 1. The van der Waals surface area contributed by atoms with Gasteiger partial charge >= 0.3 is 0 Å². The maximum atomic E-state index is 5.48. The molecule has 3 N–H and O–H groups in total. The van der Waals surface area contributed by atoms with E-state index in [1.54, 1.807) is 7.05 Å². The zero-order valence-electron chi connectivity index (χ0n) is 6.84. The molecule has 0 aliphatic carbocycles. The zero-order chi connectivity index (χ0) is 8.10. The van der Waals surface area contributed by atoms with E-state index in [0.29, 0.717) is 5.96 Å². The van der Waals surface area contributed by atoms with Crippen LogP contribution in [0.5, 0.6) is 0 Å². The van der Waals surface area contributed by atoms with E-state index >= 15 is 0 Å². The van der Waals surface area contributed by atoms with E-state index in [9.17, 15) is 0 Å². The van der Waals surface area contributed by atoms with Gasteiger partial charge in [0.05, 0.1) is 0 Å². The fourth-order valence-electron chi connectivity index (χ4n) is 1.07. The minimum Gasteiger partial charge on any atom is -0.370 e. The summed E-state index contributed by atoms with van der Waals surface area (Å²) in [5, 5.41) is 3.09. The lowest BCUT2D eigenvalue weighted by Gasteiger charge is -2.09. The van der Waals surface area contributed by atoms with E-state index in [2.05, 4.69) is 10.3 Å². The molecule has 0 spiro atoms. The SMILES string of the molecule is CN=C(N)NCC1CCSC1. The second-order valence-electron chi connectivity index (χ2n) is 2.72. The van der Waals surface area contributed by atoms with Crippen molar-refractivity contribution in [3.8, 4) is 0 Å². The largest absolute Gasteiger partial charge is 0.370 e. The van der Waals surface area contributed by atoms with Crippen molar-refractivity contribution in [2.75, 3.05) is 25.1 Å². The molecule has 0 amide bonds. The van der Waals surface area contributed by atoms with Crippen LogP contribution in [-0.2, 0) is 0 Å². The van der Waals surface area contributed by atoms with E-state index in [0.717, 1.165) is 12.5 Å². The summed E-state index contributed by atoms with van der Waals surface area (Å²) >= 11 is 2.02. The molecule has 0 bridgehead atoms. The van der Waals surface area contributed by atoms with Crippen LogP contribution in [0, 0.1) is 5.92 Å². The van der Waals surface area contributed by atoms with Crippen molar-refractivity contribution >= 4 is 17.7 Å². The van der Waals surface area contributed by atoms with Gasteiger partial charge in [0, 0.05) is 13.6 Å². The summed E-state index contributed by atoms with van der Waals surface area (Å²) < 4.78 is 0. The average Bonchev–Trinajstić information content (AvgIpc) is 2.52. The van der Waals surface area contributed by atoms with Crippen LogP contribution in [0.3, 0.4) is 0 Å². The molecule has 1 fully saturated rings. The van der Waals surface area contributed by atoms with Crippen molar-refractivity contribution in [3.63, 3.8) is 0 Å². The van der Waals surface area contributed by atoms with Crippen molar-refractivity contribution in [2.24, 2.45) is 16.6 Å². The van der Waals surface area contributed by atoms with Crippen molar-refractivity contribution in [1.29, 1.82) is 0 Å². The minimum absolute atomic E-state index is 0.557. The van der Waals surface area contributed by atoms with E-state index in [-0.39, 0.29) is 0 Å². The number of nitrogens with one attached hydrogen (secondary N) is 1. The Hall–Kier alpha value is -0.380. The first-order valence-corrected chi connectivity index (χ1v) is 5.02. The van der Waals surface area contributed by atoms with Gasteiger partial charge in [0.1, 0.15) is 0 Å². The molecule has 1 saturated heterocycles. The summed E-state index contributed by atoms with van der Waals surface area (Å²) in [5.74, 6) is 3.92. The molecule has 1 aliphatic heterocycles.